The molecule has 6 nitrogen and oxygen atoms in total. The van der Waals surface area contributed by atoms with Crippen molar-refractivity contribution in [2.45, 2.75) is 32.6 Å². The number of rotatable bonds is 4. The second-order valence-corrected chi connectivity index (χ2v) is 5.86. The molecule has 1 aliphatic rings. The van der Waals surface area contributed by atoms with Gasteiger partial charge in [0.15, 0.2) is 12.0 Å². The molecular formula is C17H18N2O4. The molecule has 0 unspecified atom stereocenters. The van der Waals surface area contributed by atoms with Crippen molar-refractivity contribution in [1.29, 1.82) is 0 Å². The van der Waals surface area contributed by atoms with Gasteiger partial charge in [0.05, 0.1) is 13.2 Å². The Morgan fingerprint density at radius 2 is 2.09 bits per heavy atom. The Bertz CT molecular complexity index is 781. The maximum Gasteiger partial charge on any atom is 0.296 e. The second-order valence-electron chi connectivity index (χ2n) is 5.86. The summed E-state index contributed by atoms with van der Waals surface area (Å²) in [6, 6.07) is 9.45. The fourth-order valence-electron chi connectivity index (χ4n) is 2.62. The molecule has 0 saturated heterocycles. The molecule has 1 aromatic carbocycles. The fraction of sp³-hybridized carbons (Fsp3) is 0.353. The summed E-state index contributed by atoms with van der Waals surface area (Å²) in [6.07, 6.45) is 0.549. The molecule has 23 heavy (non-hydrogen) atoms. The first-order valence-electron chi connectivity index (χ1n) is 7.44. The molecule has 0 aliphatic carbocycles. The van der Waals surface area contributed by atoms with Gasteiger partial charge in [0.2, 0.25) is 5.75 Å². The summed E-state index contributed by atoms with van der Waals surface area (Å²) in [5.41, 5.74) is -0.136. The molecule has 0 atom stereocenters. The van der Waals surface area contributed by atoms with Crippen LogP contribution in [0.5, 0.6) is 5.75 Å². The first-order valence-corrected chi connectivity index (χ1v) is 7.44. The number of aldehydes is 1. The van der Waals surface area contributed by atoms with Crippen LogP contribution in [0.1, 0.15) is 35.7 Å². The van der Waals surface area contributed by atoms with Gasteiger partial charge >= 0.3 is 0 Å². The van der Waals surface area contributed by atoms with Crippen LogP contribution >= 0.6 is 0 Å². The van der Waals surface area contributed by atoms with E-state index in [1.54, 1.807) is 0 Å². The zero-order chi connectivity index (χ0) is 16.4. The standard InChI is InChI=1S/C17H18N2O4/c1-17(2)16-18-13(10-20)14(15(21)19(16)8-9-23-17)22-11-12-6-4-3-5-7-12/h3-7,10H,8-9,11H2,1-2H3. The van der Waals surface area contributed by atoms with E-state index in [1.165, 1.54) is 4.57 Å². The number of aromatic nitrogens is 2. The highest BCUT2D eigenvalue weighted by atomic mass is 16.5. The second kappa shape index (κ2) is 5.96. The van der Waals surface area contributed by atoms with Gasteiger partial charge in [0.1, 0.15) is 18.0 Å². The number of fused-ring (bicyclic) bond motifs is 1. The highest BCUT2D eigenvalue weighted by molar-refractivity contribution is 5.76. The third-order valence-corrected chi connectivity index (χ3v) is 3.81. The number of hydrogen-bond donors (Lipinski definition) is 0. The van der Waals surface area contributed by atoms with E-state index >= 15 is 0 Å². The Morgan fingerprint density at radius 1 is 1.35 bits per heavy atom. The van der Waals surface area contributed by atoms with Gasteiger partial charge in [0.25, 0.3) is 5.56 Å². The number of benzene rings is 1. The van der Waals surface area contributed by atoms with Crippen LogP contribution < -0.4 is 10.3 Å². The van der Waals surface area contributed by atoms with E-state index in [0.717, 1.165) is 5.56 Å². The van der Waals surface area contributed by atoms with Crippen LogP contribution in [0.25, 0.3) is 0 Å². The van der Waals surface area contributed by atoms with Gasteiger partial charge < -0.3 is 9.47 Å². The quantitative estimate of drug-likeness (QED) is 0.806. The lowest BCUT2D eigenvalue weighted by atomic mass is 10.1. The molecule has 0 bridgehead atoms. The monoisotopic (exact) mass is 314 g/mol. The van der Waals surface area contributed by atoms with Crippen molar-refractivity contribution in [3.05, 3.63) is 57.8 Å². The van der Waals surface area contributed by atoms with Gasteiger partial charge in [-0.05, 0) is 19.4 Å². The van der Waals surface area contributed by atoms with Crippen LogP contribution in [0.15, 0.2) is 35.1 Å². The fourth-order valence-corrected chi connectivity index (χ4v) is 2.62. The molecular weight excluding hydrogens is 296 g/mol. The van der Waals surface area contributed by atoms with Crippen molar-refractivity contribution in [3.8, 4) is 5.75 Å². The first-order chi connectivity index (χ1) is 11.0. The Morgan fingerprint density at radius 3 is 2.78 bits per heavy atom. The summed E-state index contributed by atoms with van der Waals surface area (Å²) in [4.78, 5) is 28.3. The minimum absolute atomic E-state index is 0.00898. The minimum Gasteiger partial charge on any atom is -0.481 e. The number of nitrogens with zero attached hydrogens (tertiary/aromatic N) is 2. The molecule has 0 N–H and O–H groups in total. The number of hydrogen-bond acceptors (Lipinski definition) is 5. The molecule has 120 valence electrons. The van der Waals surface area contributed by atoms with E-state index in [1.807, 2.05) is 44.2 Å². The van der Waals surface area contributed by atoms with Gasteiger partial charge in [-0.3, -0.25) is 14.2 Å². The molecule has 2 aromatic rings. The zero-order valence-electron chi connectivity index (χ0n) is 13.1. The Balaban J connectivity index is 2.00. The number of carbonyl (C=O) groups excluding carboxylic acids is 1. The predicted molar refractivity (Wildman–Crippen MR) is 83.6 cm³/mol. The lowest BCUT2D eigenvalue weighted by molar-refractivity contribution is -0.0567. The van der Waals surface area contributed by atoms with E-state index < -0.39 is 5.60 Å². The van der Waals surface area contributed by atoms with Crippen molar-refractivity contribution >= 4 is 6.29 Å². The SMILES string of the molecule is CC1(C)OCCn2c1nc(C=O)c(OCc1ccccc1)c2=O. The smallest absolute Gasteiger partial charge is 0.296 e. The predicted octanol–water partition coefficient (Wildman–Crippen LogP) is 1.90. The average molecular weight is 314 g/mol. The largest absolute Gasteiger partial charge is 0.481 e. The van der Waals surface area contributed by atoms with Crippen LogP contribution in [0, 0.1) is 0 Å². The van der Waals surface area contributed by atoms with E-state index in [0.29, 0.717) is 25.3 Å². The highest BCUT2D eigenvalue weighted by Gasteiger charge is 2.33. The Labute approximate surface area is 133 Å². The lowest BCUT2D eigenvalue weighted by Crippen LogP contribution is -2.41. The molecule has 0 spiro atoms. The van der Waals surface area contributed by atoms with Crippen LogP contribution in [-0.4, -0.2) is 22.4 Å². The van der Waals surface area contributed by atoms with Gasteiger partial charge in [-0.15, -0.1) is 0 Å². The van der Waals surface area contributed by atoms with E-state index in [4.69, 9.17) is 9.47 Å². The normalized spacial score (nSPS) is 15.7. The summed E-state index contributed by atoms with van der Waals surface area (Å²) < 4.78 is 12.8. The molecule has 0 amide bonds. The van der Waals surface area contributed by atoms with E-state index in [9.17, 15) is 9.59 Å². The van der Waals surface area contributed by atoms with Crippen molar-refractivity contribution in [1.82, 2.24) is 9.55 Å². The van der Waals surface area contributed by atoms with E-state index in [2.05, 4.69) is 4.98 Å². The molecule has 2 heterocycles. The lowest BCUT2D eigenvalue weighted by Gasteiger charge is -2.32. The average Bonchev–Trinajstić information content (AvgIpc) is 2.55. The van der Waals surface area contributed by atoms with Gasteiger partial charge in [0, 0.05) is 0 Å². The number of ether oxygens (including phenoxy) is 2. The summed E-state index contributed by atoms with van der Waals surface area (Å²) in [5.74, 6) is 0.438. The van der Waals surface area contributed by atoms with Gasteiger partial charge in [-0.25, -0.2) is 4.98 Å². The van der Waals surface area contributed by atoms with Gasteiger partial charge in [-0.2, -0.15) is 0 Å². The molecule has 6 heteroatoms. The van der Waals surface area contributed by atoms with Crippen LogP contribution in [0.2, 0.25) is 0 Å². The van der Waals surface area contributed by atoms with Crippen LogP contribution in [0.3, 0.4) is 0 Å². The molecule has 1 aromatic heterocycles. The zero-order valence-corrected chi connectivity index (χ0v) is 13.1. The summed E-state index contributed by atoms with van der Waals surface area (Å²) in [7, 11) is 0. The molecule has 1 aliphatic heterocycles. The molecule has 0 fully saturated rings. The van der Waals surface area contributed by atoms with Crippen LogP contribution in [-0.2, 0) is 23.5 Å². The maximum absolute atomic E-state index is 12.7. The molecule has 3 rings (SSSR count). The Kier molecular flexibility index (Phi) is 4.00. The van der Waals surface area contributed by atoms with Gasteiger partial charge in [-0.1, -0.05) is 30.3 Å². The van der Waals surface area contributed by atoms with Crippen molar-refractivity contribution < 1.29 is 14.3 Å². The van der Waals surface area contributed by atoms with Crippen molar-refractivity contribution in [2.24, 2.45) is 0 Å². The highest BCUT2D eigenvalue weighted by Crippen LogP contribution is 2.27. The third kappa shape index (κ3) is 2.90. The molecule has 0 saturated carbocycles. The summed E-state index contributed by atoms with van der Waals surface area (Å²) in [5, 5.41) is 0. The minimum atomic E-state index is -0.715. The summed E-state index contributed by atoms with van der Waals surface area (Å²) >= 11 is 0. The summed E-state index contributed by atoms with van der Waals surface area (Å²) in [6.45, 7) is 4.66. The van der Waals surface area contributed by atoms with Crippen molar-refractivity contribution in [2.75, 3.05) is 6.61 Å². The maximum atomic E-state index is 12.7. The van der Waals surface area contributed by atoms with E-state index in [-0.39, 0.29) is 23.6 Å². The first kappa shape index (κ1) is 15.4. The van der Waals surface area contributed by atoms with Crippen LogP contribution in [0.4, 0.5) is 0 Å². The Hall–Kier alpha value is -2.47. The topological polar surface area (TPSA) is 70.4 Å². The molecule has 0 radical (unpaired) electrons. The third-order valence-electron chi connectivity index (χ3n) is 3.81. The number of carbonyl (C=O) groups is 1. The van der Waals surface area contributed by atoms with Crippen molar-refractivity contribution in [3.63, 3.8) is 0 Å².